The summed E-state index contributed by atoms with van der Waals surface area (Å²) in [4.78, 5) is 19.6. The molecule has 0 heterocycles. The average Bonchev–Trinajstić information content (AvgIpc) is 2.15. The van der Waals surface area contributed by atoms with Crippen LogP contribution in [0.25, 0.3) is 0 Å². The predicted molar refractivity (Wildman–Crippen MR) is 45.7 cm³/mol. The fraction of sp³-hybridized carbons (Fsp3) is 0.125. The van der Waals surface area contributed by atoms with Crippen LogP contribution in [0, 0.1) is 15.9 Å². The van der Waals surface area contributed by atoms with Crippen molar-refractivity contribution < 1.29 is 24.3 Å². The second kappa shape index (κ2) is 4.01. The Morgan fingerprint density at radius 2 is 2.13 bits per heavy atom. The Labute approximate surface area is 82.7 Å². The lowest BCUT2D eigenvalue weighted by atomic mass is 10.1. The standard InChI is InChI=1S/C8H6FNO5/c9-5-3-4(7(11)8(12)13)1-2-6(5)10(14)15/h1-3,7,11H,(H,12,13)/t7-/m1/s1. The van der Waals surface area contributed by atoms with Crippen molar-refractivity contribution in [1.82, 2.24) is 0 Å². The van der Waals surface area contributed by atoms with Crippen molar-refractivity contribution in [3.05, 3.63) is 39.7 Å². The summed E-state index contributed by atoms with van der Waals surface area (Å²) in [6.45, 7) is 0. The summed E-state index contributed by atoms with van der Waals surface area (Å²) in [6.07, 6.45) is -1.89. The summed E-state index contributed by atoms with van der Waals surface area (Å²) in [5.41, 5.74) is -1.01. The van der Waals surface area contributed by atoms with Gasteiger partial charge in [-0.15, -0.1) is 0 Å². The molecule has 6 nitrogen and oxygen atoms in total. The van der Waals surface area contributed by atoms with E-state index < -0.39 is 28.5 Å². The largest absolute Gasteiger partial charge is 0.479 e. The summed E-state index contributed by atoms with van der Waals surface area (Å²) < 4.78 is 13.0. The van der Waals surface area contributed by atoms with Crippen molar-refractivity contribution in [1.29, 1.82) is 0 Å². The van der Waals surface area contributed by atoms with E-state index in [9.17, 15) is 19.3 Å². The smallest absolute Gasteiger partial charge is 0.337 e. The van der Waals surface area contributed by atoms with Gasteiger partial charge >= 0.3 is 11.7 Å². The van der Waals surface area contributed by atoms with Gasteiger partial charge in [0, 0.05) is 6.07 Å². The van der Waals surface area contributed by atoms with Crippen LogP contribution in [0.15, 0.2) is 18.2 Å². The van der Waals surface area contributed by atoms with E-state index in [-0.39, 0.29) is 5.56 Å². The highest BCUT2D eigenvalue weighted by Crippen LogP contribution is 2.21. The zero-order chi connectivity index (χ0) is 11.6. The first-order valence-corrected chi connectivity index (χ1v) is 3.78. The van der Waals surface area contributed by atoms with Gasteiger partial charge in [-0.1, -0.05) is 0 Å². The molecular formula is C8H6FNO5. The molecule has 2 N–H and O–H groups in total. The van der Waals surface area contributed by atoms with E-state index in [0.29, 0.717) is 6.07 Å². The number of benzene rings is 1. The molecule has 0 fully saturated rings. The van der Waals surface area contributed by atoms with Gasteiger partial charge in [0.25, 0.3) is 0 Å². The molecule has 7 heteroatoms. The van der Waals surface area contributed by atoms with Crippen LogP contribution >= 0.6 is 0 Å². The van der Waals surface area contributed by atoms with E-state index in [1.54, 1.807) is 0 Å². The second-order valence-corrected chi connectivity index (χ2v) is 2.71. The molecule has 1 aromatic carbocycles. The van der Waals surface area contributed by atoms with Crippen LogP contribution in [0.1, 0.15) is 11.7 Å². The first kappa shape index (κ1) is 11.1. The van der Waals surface area contributed by atoms with Crippen molar-refractivity contribution in [3.63, 3.8) is 0 Å². The molecule has 0 amide bonds. The quantitative estimate of drug-likeness (QED) is 0.575. The molecule has 1 rings (SSSR count). The van der Waals surface area contributed by atoms with Crippen molar-refractivity contribution in [2.75, 3.05) is 0 Å². The average molecular weight is 215 g/mol. The molecule has 1 aromatic rings. The maximum absolute atomic E-state index is 13.0. The topological polar surface area (TPSA) is 101 Å². The number of rotatable bonds is 3. The van der Waals surface area contributed by atoms with E-state index in [4.69, 9.17) is 10.2 Å². The molecule has 0 aliphatic rings. The van der Waals surface area contributed by atoms with Gasteiger partial charge in [0.05, 0.1) is 4.92 Å². The third-order valence-electron chi connectivity index (χ3n) is 1.72. The fourth-order valence-corrected chi connectivity index (χ4v) is 0.984. The summed E-state index contributed by atoms with van der Waals surface area (Å²) in [5.74, 6) is -2.74. The zero-order valence-corrected chi connectivity index (χ0v) is 7.25. The lowest BCUT2D eigenvalue weighted by Crippen LogP contribution is -2.10. The highest BCUT2D eigenvalue weighted by Gasteiger charge is 2.20. The highest BCUT2D eigenvalue weighted by molar-refractivity contribution is 5.74. The number of nitrogens with zero attached hydrogens (tertiary/aromatic N) is 1. The number of aliphatic hydroxyl groups excluding tert-OH is 1. The predicted octanol–water partition coefficient (Wildman–Crippen LogP) is 0.852. The number of halogens is 1. The van der Waals surface area contributed by atoms with Crippen molar-refractivity contribution >= 4 is 11.7 Å². The van der Waals surface area contributed by atoms with Crippen molar-refractivity contribution in [2.45, 2.75) is 6.10 Å². The summed E-state index contributed by atoms with van der Waals surface area (Å²) >= 11 is 0. The maximum Gasteiger partial charge on any atom is 0.337 e. The van der Waals surface area contributed by atoms with E-state index >= 15 is 0 Å². The fourth-order valence-electron chi connectivity index (χ4n) is 0.984. The number of aliphatic hydroxyl groups is 1. The number of aliphatic carboxylic acids is 1. The Hall–Kier alpha value is -2.02. The minimum absolute atomic E-state index is 0.245. The Morgan fingerprint density at radius 1 is 1.53 bits per heavy atom. The molecule has 0 aliphatic carbocycles. The van der Waals surface area contributed by atoms with Crippen LogP contribution < -0.4 is 0 Å². The molecule has 0 saturated heterocycles. The van der Waals surface area contributed by atoms with Crippen molar-refractivity contribution in [3.8, 4) is 0 Å². The molecule has 1 atom stereocenters. The number of nitro benzene ring substituents is 1. The van der Waals surface area contributed by atoms with Gasteiger partial charge in [0.15, 0.2) is 6.10 Å². The summed E-state index contributed by atoms with van der Waals surface area (Å²) in [6, 6.07) is 2.41. The number of nitro groups is 1. The van der Waals surface area contributed by atoms with Crippen LogP contribution in [0.5, 0.6) is 0 Å². The van der Waals surface area contributed by atoms with Crippen LogP contribution in [-0.2, 0) is 4.79 Å². The minimum Gasteiger partial charge on any atom is -0.479 e. The monoisotopic (exact) mass is 215 g/mol. The molecule has 15 heavy (non-hydrogen) atoms. The van der Waals surface area contributed by atoms with Crippen molar-refractivity contribution in [2.24, 2.45) is 0 Å². The SMILES string of the molecule is O=C(O)[C@H](O)c1ccc([N+](=O)[O-])c(F)c1. The lowest BCUT2D eigenvalue weighted by molar-refractivity contribution is -0.387. The summed E-state index contributed by atoms with van der Waals surface area (Å²) in [5, 5.41) is 27.6. The molecule has 0 aliphatic heterocycles. The summed E-state index contributed by atoms with van der Waals surface area (Å²) in [7, 11) is 0. The van der Waals surface area contributed by atoms with E-state index in [1.165, 1.54) is 0 Å². The number of carbonyl (C=O) groups is 1. The number of carboxylic acid groups (broad SMARTS) is 1. The molecule has 80 valence electrons. The number of hydrogen-bond donors (Lipinski definition) is 2. The van der Waals surface area contributed by atoms with Crippen LogP contribution in [0.3, 0.4) is 0 Å². The van der Waals surface area contributed by atoms with Crippen LogP contribution in [0.4, 0.5) is 10.1 Å². The van der Waals surface area contributed by atoms with Gasteiger partial charge in [0.1, 0.15) is 0 Å². The molecule has 0 aromatic heterocycles. The van der Waals surface area contributed by atoms with Gasteiger partial charge in [-0.3, -0.25) is 10.1 Å². The number of carboxylic acids is 1. The van der Waals surface area contributed by atoms with Crippen LogP contribution in [0.2, 0.25) is 0 Å². The van der Waals surface area contributed by atoms with Gasteiger partial charge in [0.2, 0.25) is 5.82 Å². The van der Waals surface area contributed by atoms with E-state index in [0.717, 1.165) is 12.1 Å². The Bertz CT molecular complexity index is 419. The third kappa shape index (κ3) is 2.26. The first-order valence-electron chi connectivity index (χ1n) is 3.78. The highest BCUT2D eigenvalue weighted by atomic mass is 19.1. The molecule has 0 bridgehead atoms. The van der Waals surface area contributed by atoms with Gasteiger partial charge in [-0.2, -0.15) is 4.39 Å². The Kier molecular flexibility index (Phi) is 2.96. The first-order chi connectivity index (χ1) is 6.93. The minimum atomic E-state index is -1.89. The zero-order valence-electron chi connectivity index (χ0n) is 7.25. The van der Waals surface area contributed by atoms with E-state index in [2.05, 4.69) is 0 Å². The molecule has 0 radical (unpaired) electrons. The van der Waals surface area contributed by atoms with Gasteiger partial charge < -0.3 is 10.2 Å². The maximum atomic E-state index is 13.0. The Balaban J connectivity index is 3.12. The number of hydrogen-bond acceptors (Lipinski definition) is 4. The van der Waals surface area contributed by atoms with E-state index in [1.807, 2.05) is 0 Å². The van der Waals surface area contributed by atoms with Gasteiger partial charge in [-0.25, -0.2) is 4.79 Å². The molecule has 0 unspecified atom stereocenters. The third-order valence-corrected chi connectivity index (χ3v) is 1.72. The molecular weight excluding hydrogens is 209 g/mol. The van der Waals surface area contributed by atoms with Gasteiger partial charge in [-0.05, 0) is 17.7 Å². The normalized spacial score (nSPS) is 12.1. The second-order valence-electron chi connectivity index (χ2n) is 2.71. The molecule has 0 spiro atoms. The lowest BCUT2D eigenvalue weighted by Gasteiger charge is -2.05. The van der Waals surface area contributed by atoms with Crippen LogP contribution in [-0.4, -0.2) is 21.1 Å². The Morgan fingerprint density at radius 3 is 2.53 bits per heavy atom. The molecule has 0 saturated carbocycles.